The number of nitrogens with zero attached hydrogens (tertiary/aromatic N) is 1. The molecule has 1 saturated carbocycles. The zero-order chi connectivity index (χ0) is 16.9. The minimum Gasteiger partial charge on any atom is -0.493 e. The van der Waals surface area contributed by atoms with E-state index in [1.165, 1.54) is 0 Å². The lowest BCUT2D eigenvalue weighted by Gasteiger charge is -2.62. The number of hydrogen-bond acceptors (Lipinski definition) is 5. The number of ether oxygens (including phenoxy) is 2. The maximum Gasteiger partial charge on any atom is 0.174 e. The summed E-state index contributed by atoms with van der Waals surface area (Å²) in [6.07, 6.45) is 1.57. The lowest BCUT2D eigenvalue weighted by Crippen LogP contribution is -2.76. The van der Waals surface area contributed by atoms with Crippen LogP contribution in [0.4, 0.5) is 0 Å². The van der Waals surface area contributed by atoms with Gasteiger partial charge >= 0.3 is 0 Å². The summed E-state index contributed by atoms with van der Waals surface area (Å²) in [6.45, 7) is 0.827. The zero-order valence-electron chi connectivity index (χ0n) is 13.8. The Kier molecular flexibility index (Phi) is 2.78. The quantitative estimate of drug-likeness (QED) is 0.836. The molecule has 4 aliphatic rings. The molecule has 24 heavy (non-hydrogen) atoms. The molecule has 4 atom stereocenters. The standard InChI is InChI=1S/C18H20ClNO4/c1-20-6-5-17-14-9-7-13(20)18(17,22)4-3-11(21)16(17)24-15(14)12(23-2)8-10(9)19/h8,13,16,22H,3-7H2,1-2H3/t13-,16+,17+,18-/m1/s1. The fourth-order valence-corrected chi connectivity index (χ4v) is 5.99. The molecule has 6 heteroatoms. The molecule has 0 aromatic heterocycles. The lowest BCUT2D eigenvalue weighted by atomic mass is 9.49. The van der Waals surface area contributed by atoms with Crippen molar-refractivity contribution < 1.29 is 19.4 Å². The van der Waals surface area contributed by atoms with Crippen LogP contribution in [0.25, 0.3) is 0 Å². The first-order valence-corrected chi connectivity index (χ1v) is 8.83. The second-order valence-electron chi connectivity index (χ2n) is 7.55. The highest BCUT2D eigenvalue weighted by molar-refractivity contribution is 6.31. The second-order valence-corrected chi connectivity index (χ2v) is 7.96. The number of rotatable bonds is 1. The molecule has 1 saturated heterocycles. The van der Waals surface area contributed by atoms with Crippen LogP contribution in [0.15, 0.2) is 6.07 Å². The number of carbonyl (C=O) groups excluding carboxylic acids is 1. The normalized spacial score (nSPS) is 39.4. The Morgan fingerprint density at radius 2 is 2.25 bits per heavy atom. The lowest BCUT2D eigenvalue weighted by molar-refractivity contribution is -0.185. The van der Waals surface area contributed by atoms with Crippen LogP contribution in [0.2, 0.25) is 5.02 Å². The highest BCUT2D eigenvalue weighted by Gasteiger charge is 2.73. The van der Waals surface area contributed by atoms with Crippen LogP contribution in [-0.2, 0) is 16.6 Å². The van der Waals surface area contributed by atoms with E-state index in [1.54, 1.807) is 13.2 Å². The second kappa shape index (κ2) is 4.45. The smallest absolute Gasteiger partial charge is 0.174 e. The van der Waals surface area contributed by atoms with Crippen molar-refractivity contribution in [2.75, 3.05) is 20.7 Å². The highest BCUT2D eigenvalue weighted by atomic mass is 35.5. The van der Waals surface area contributed by atoms with E-state index in [9.17, 15) is 9.90 Å². The van der Waals surface area contributed by atoms with E-state index in [2.05, 4.69) is 4.90 Å². The Labute approximate surface area is 145 Å². The van der Waals surface area contributed by atoms with Crippen molar-refractivity contribution in [1.82, 2.24) is 4.90 Å². The molecule has 2 heterocycles. The van der Waals surface area contributed by atoms with Crippen LogP contribution in [0.5, 0.6) is 11.5 Å². The van der Waals surface area contributed by atoms with Crippen LogP contribution < -0.4 is 9.47 Å². The van der Waals surface area contributed by atoms with Gasteiger partial charge in [0.1, 0.15) is 0 Å². The summed E-state index contributed by atoms with van der Waals surface area (Å²) < 4.78 is 11.6. The first kappa shape index (κ1) is 15.0. The maximum atomic E-state index is 12.7. The minimum atomic E-state index is -0.966. The van der Waals surface area contributed by atoms with Crippen molar-refractivity contribution in [3.8, 4) is 11.5 Å². The Morgan fingerprint density at radius 3 is 3.00 bits per heavy atom. The molecule has 2 fully saturated rings. The number of likely N-dealkylation sites (N-methyl/N-ethyl adjacent to an activating group) is 1. The van der Waals surface area contributed by atoms with E-state index in [0.29, 0.717) is 42.2 Å². The number of ketones is 1. The molecule has 0 unspecified atom stereocenters. The van der Waals surface area contributed by atoms with Gasteiger partial charge in [-0.1, -0.05) is 11.6 Å². The SMILES string of the molecule is COc1cc(Cl)c2c3c1O[C@H]1C(=O)CC[C@@]4(O)[C@@H](C2)N(C)CC[C@]314. The number of hydrogen-bond donors (Lipinski definition) is 1. The van der Waals surface area contributed by atoms with Crippen molar-refractivity contribution in [3.63, 3.8) is 0 Å². The predicted molar refractivity (Wildman–Crippen MR) is 88.0 cm³/mol. The van der Waals surface area contributed by atoms with Crippen molar-refractivity contribution >= 4 is 17.4 Å². The molecule has 0 radical (unpaired) electrons. The van der Waals surface area contributed by atoms with Crippen LogP contribution in [-0.4, -0.2) is 54.2 Å². The summed E-state index contributed by atoms with van der Waals surface area (Å²) in [5, 5.41) is 12.4. The van der Waals surface area contributed by atoms with E-state index in [-0.39, 0.29) is 11.8 Å². The number of aliphatic hydroxyl groups is 1. The van der Waals surface area contributed by atoms with Gasteiger partial charge in [0, 0.05) is 29.1 Å². The molecule has 128 valence electrons. The fourth-order valence-electron chi connectivity index (χ4n) is 5.72. The summed E-state index contributed by atoms with van der Waals surface area (Å²) in [6, 6.07) is 1.73. The number of methoxy groups -OCH3 is 1. The molecule has 5 rings (SSSR count). The Morgan fingerprint density at radius 1 is 1.46 bits per heavy atom. The van der Waals surface area contributed by atoms with E-state index in [0.717, 1.165) is 17.7 Å². The zero-order valence-corrected chi connectivity index (χ0v) is 14.5. The average molecular weight is 350 g/mol. The molecule has 1 N–H and O–H groups in total. The van der Waals surface area contributed by atoms with E-state index >= 15 is 0 Å². The van der Waals surface area contributed by atoms with Gasteiger partial charge in [0.15, 0.2) is 23.4 Å². The van der Waals surface area contributed by atoms with Crippen LogP contribution in [0, 0.1) is 0 Å². The maximum absolute atomic E-state index is 12.7. The van der Waals surface area contributed by atoms with Gasteiger partial charge < -0.3 is 19.5 Å². The first-order valence-electron chi connectivity index (χ1n) is 8.46. The molecule has 1 spiro atoms. The van der Waals surface area contributed by atoms with E-state index in [4.69, 9.17) is 21.1 Å². The summed E-state index contributed by atoms with van der Waals surface area (Å²) in [5.41, 5.74) is 0.273. The average Bonchev–Trinajstić information content (AvgIpc) is 2.90. The van der Waals surface area contributed by atoms with Gasteiger partial charge in [-0.3, -0.25) is 4.79 Å². The molecule has 2 bridgehead atoms. The van der Waals surface area contributed by atoms with Gasteiger partial charge in [-0.15, -0.1) is 0 Å². The van der Waals surface area contributed by atoms with Gasteiger partial charge in [0.05, 0.1) is 18.1 Å². The molecule has 2 aliphatic heterocycles. The van der Waals surface area contributed by atoms with E-state index in [1.807, 2.05) is 7.05 Å². The highest BCUT2D eigenvalue weighted by Crippen LogP contribution is 2.65. The van der Waals surface area contributed by atoms with Crippen LogP contribution >= 0.6 is 11.6 Å². The number of piperidine rings is 1. The third-order valence-electron chi connectivity index (χ3n) is 6.81. The van der Waals surface area contributed by atoms with Crippen molar-refractivity contribution in [2.24, 2.45) is 0 Å². The van der Waals surface area contributed by atoms with Crippen LogP contribution in [0.3, 0.4) is 0 Å². The Balaban J connectivity index is 1.88. The third-order valence-corrected chi connectivity index (χ3v) is 7.14. The Hall–Kier alpha value is -1.30. The monoisotopic (exact) mass is 349 g/mol. The fraction of sp³-hybridized carbons (Fsp3) is 0.611. The molecular weight excluding hydrogens is 330 g/mol. The van der Waals surface area contributed by atoms with Gasteiger partial charge in [0.25, 0.3) is 0 Å². The van der Waals surface area contributed by atoms with Crippen molar-refractivity contribution in [3.05, 3.63) is 22.2 Å². The number of carbonyl (C=O) groups is 1. The summed E-state index contributed by atoms with van der Waals surface area (Å²) in [7, 11) is 3.62. The predicted octanol–water partition coefficient (Wildman–Crippen LogP) is 1.70. The number of benzene rings is 1. The molecule has 5 nitrogen and oxygen atoms in total. The molecule has 1 aromatic carbocycles. The number of halogens is 1. The molecule has 0 amide bonds. The summed E-state index contributed by atoms with van der Waals surface area (Å²) in [4.78, 5) is 14.9. The summed E-state index contributed by atoms with van der Waals surface area (Å²) >= 11 is 6.57. The van der Waals surface area contributed by atoms with Gasteiger partial charge in [-0.2, -0.15) is 0 Å². The van der Waals surface area contributed by atoms with Gasteiger partial charge in [-0.05, 0) is 38.4 Å². The summed E-state index contributed by atoms with van der Waals surface area (Å²) in [5.74, 6) is 1.24. The van der Waals surface area contributed by atoms with Crippen LogP contribution in [0.1, 0.15) is 30.4 Å². The topological polar surface area (TPSA) is 59.0 Å². The van der Waals surface area contributed by atoms with Crippen molar-refractivity contribution in [1.29, 1.82) is 0 Å². The van der Waals surface area contributed by atoms with Gasteiger partial charge in [0.2, 0.25) is 0 Å². The van der Waals surface area contributed by atoms with E-state index < -0.39 is 17.1 Å². The van der Waals surface area contributed by atoms with Gasteiger partial charge in [-0.25, -0.2) is 0 Å². The molecule has 1 aromatic rings. The number of likely N-dealkylation sites (tertiary alicyclic amines) is 1. The molecular formula is C18H20ClNO4. The largest absolute Gasteiger partial charge is 0.493 e. The third kappa shape index (κ3) is 1.40. The first-order chi connectivity index (χ1) is 11.4. The minimum absolute atomic E-state index is 0.0465. The number of Topliss-reactive ketones (excluding diaryl/α,β-unsaturated/α-hetero) is 1. The van der Waals surface area contributed by atoms with Crippen molar-refractivity contribution in [2.45, 2.75) is 48.8 Å². The Bertz CT molecular complexity index is 781. The molecule has 2 aliphatic carbocycles.